The summed E-state index contributed by atoms with van der Waals surface area (Å²) in [6, 6.07) is 17.7. The van der Waals surface area contributed by atoms with Crippen molar-refractivity contribution in [1.29, 1.82) is 0 Å². The Labute approximate surface area is 120 Å². The van der Waals surface area contributed by atoms with Crippen molar-refractivity contribution in [3.8, 4) is 21.0 Å². The largest absolute Gasteiger partial charge is 0.382 e. The molecule has 94 valence electrons. The van der Waals surface area contributed by atoms with Crippen molar-refractivity contribution in [3.05, 3.63) is 59.6 Å². The predicted octanol–water partition coefficient (Wildman–Crippen LogP) is 4.71. The Balaban J connectivity index is 2.04. The molecule has 1 aromatic heterocycles. The lowest BCUT2D eigenvalue weighted by atomic mass is 10.2. The number of aromatic nitrogens is 1. The van der Waals surface area contributed by atoms with E-state index in [9.17, 15) is 0 Å². The first-order chi connectivity index (χ1) is 9.24. The molecule has 0 saturated heterocycles. The summed E-state index contributed by atoms with van der Waals surface area (Å²) in [6.45, 7) is 0. The molecule has 0 atom stereocenters. The lowest BCUT2D eigenvalue weighted by Gasteiger charge is -1.96. The summed E-state index contributed by atoms with van der Waals surface area (Å²) in [4.78, 5) is 5.45. The lowest BCUT2D eigenvalue weighted by Crippen LogP contribution is -1.87. The highest BCUT2D eigenvalue weighted by Crippen LogP contribution is 2.37. The Hall–Kier alpha value is -1.84. The van der Waals surface area contributed by atoms with Crippen LogP contribution in [0.4, 0.5) is 5.82 Å². The van der Waals surface area contributed by atoms with Crippen molar-refractivity contribution in [3.63, 3.8) is 0 Å². The number of anilines is 1. The normalized spacial score (nSPS) is 10.6. The van der Waals surface area contributed by atoms with Crippen LogP contribution in [0, 0.1) is 0 Å². The molecule has 19 heavy (non-hydrogen) atoms. The molecule has 0 bridgehead atoms. The Morgan fingerprint density at radius 2 is 1.58 bits per heavy atom. The molecule has 2 N–H and O–H groups in total. The molecule has 0 unspecified atom stereocenters. The molecule has 2 aromatic carbocycles. The van der Waals surface area contributed by atoms with Crippen LogP contribution in [-0.2, 0) is 0 Å². The minimum atomic E-state index is 0.571. The number of nitrogens with two attached hydrogens (primary N) is 1. The third-order valence-electron chi connectivity index (χ3n) is 2.78. The van der Waals surface area contributed by atoms with E-state index in [2.05, 4.69) is 4.98 Å². The molecule has 0 aliphatic heterocycles. The van der Waals surface area contributed by atoms with E-state index in [1.165, 1.54) is 0 Å². The minimum Gasteiger partial charge on any atom is -0.382 e. The predicted molar refractivity (Wildman–Crippen MR) is 82.4 cm³/mol. The first-order valence-corrected chi connectivity index (χ1v) is 7.01. The molecule has 0 aliphatic rings. The number of hydrogen-bond donors (Lipinski definition) is 1. The van der Waals surface area contributed by atoms with Crippen LogP contribution < -0.4 is 5.73 Å². The quantitative estimate of drug-likeness (QED) is 0.741. The van der Waals surface area contributed by atoms with Gasteiger partial charge in [0, 0.05) is 10.6 Å². The van der Waals surface area contributed by atoms with Crippen LogP contribution in [0.3, 0.4) is 0 Å². The zero-order chi connectivity index (χ0) is 13.2. The number of thiazole rings is 1. The number of halogens is 1. The second-order valence-corrected chi connectivity index (χ2v) is 5.54. The Bertz CT molecular complexity index is 690. The molecule has 1 heterocycles. The molecule has 0 fully saturated rings. The van der Waals surface area contributed by atoms with E-state index in [0.29, 0.717) is 5.82 Å². The fourth-order valence-electron chi connectivity index (χ4n) is 1.84. The first kappa shape index (κ1) is 12.2. The molecule has 2 nitrogen and oxygen atoms in total. The van der Waals surface area contributed by atoms with Crippen LogP contribution in [0.5, 0.6) is 0 Å². The van der Waals surface area contributed by atoms with Gasteiger partial charge in [-0.15, -0.1) is 11.3 Å². The van der Waals surface area contributed by atoms with Gasteiger partial charge in [0.25, 0.3) is 0 Å². The van der Waals surface area contributed by atoms with Crippen molar-refractivity contribution in [2.75, 3.05) is 5.73 Å². The maximum Gasteiger partial charge on any atom is 0.143 e. The van der Waals surface area contributed by atoms with Gasteiger partial charge in [-0.05, 0) is 17.7 Å². The van der Waals surface area contributed by atoms with Crippen LogP contribution in [0.1, 0.15) is 0 Å². The number of nitrogen functional groups attached to an aromatic ring is 1. The molecule has 3 aromatic rings. The second kappa shape index (κ2) is 5.03. The number of benzene rings is 2. The number of nitrogens with zero attached hydrogens (tertiary/aromatic N) is 1. The highest BCUT2D eigenvalue weighted by atomic mass is 35.5. The fraction of sp³-hybridized carbons (Fsp3) is 0. The Morgan fingerprint density at radius 3 is 2.26 bits per heavy atom. The summed E-state index contributed by atoms with van der Waals surface area (Å²) >= 11 is 7.48. The van der Waals surface area contributed by atoms with Crippen molar-refractivity contribution in [2.45, 2.75) is 0 Å². The fourth-order valence-corrected chi connectivity index (χ4v) is 2.97. The standard InChI is InChI=1S/C15H11ClN2S/c16-12-8-6-11(7-9-12)15-18-14(17)13(19-15)10-4-2-1-3-5-10/h1-9H,17H2. The summed E-state index contributed by atoms with van der Waals surface area (Å²) in [6.07, 6.45) is 0. The van der Waals surface area contributed by atoms with Gasteiger partial charge in [-0.1, -0.05) is 54.1 Å². The van der Waals surface area contributed by atoms with Gasteiger partial charge in [-0.3, -0.25) is 0 Å². The van der Waals surface area contributed by atoms with E-state index in [0.717, 1.165) is 26.0 Å². The van der Waals surface area contributed by atoms with Gasteiger partial charge in [0.05, 0.1) is 4.88 Å². The van der Waals surface area contributed by atoms with Gasteiger partial charge in [-0.2, -0.15) is 0 Å². The van der Waals surface area contributed by atoms with Crippen LogP contribution in [-0.4, -0.2) is 4.98 Å². The maximum atomic E-state index is 6.01. The average molecular weight is 287 g/mol. The third kappa shape index (κ3) is 2.48. The summed E-state index contributed by atoms with van der Waals surface area (Å²) in [5, 5.41) is 1.63. The van der Waals surface area contributed by atoms with E-state index in [1.807, 2.05) is 54.6 Å². The third-order valence-corrected chi connectivity index (χ3v) is 4.20. The monoisotopic (exact) mass is 286 g/mol. The molecular weight excluding hydrogens is 276 g/mol. The summed E-state index contributed by atoms with van der Waals surface area (Å²) in [7, 11) is 0. The smallest absolute Gasteiger partial charge is 0.143 e. The topological polar surface area (TPSA) is 38.9 Å². The van der Waals surface area contributed by atoms with Crippen molar-refractivity contribution < 1.29 is 0 Å². The highest BCUT2D eigenvalue weighted by Gasteiger charge is 2.11. The zero-order valence-electron chi connectivity index (χ0n) is 10.0. The molecule has 0 amide bonds. The van der Waals surface area contributed by atoms with Crippen molar-refractivity contribution in [1.82, 2.24) is 4.98 Å². The summed E-state index contributed by atoms with van der Waals surface area (Å²) in [5.41, 5.74) is 8.14. The SMILES string of the molecule is Nc1nc(-c2ccc(Cl)cc2)sc1-c1ccccc1. The van der Waals surface area contributed by atoms with Crippen LogP contribution in [0.2, 0.25) is 5.02 Å². The van der Waals surface area contributed by atoms with Gasteiger partial charge < -0.3 is 5.73 Å². The number of rotatable bonds is 2. The average Bonchev–Trinajstić information content (AvgIpc) is 2.83. The van der Waals surface area contributed by atoms with Gasteiger partial charge in [0.1, 0.15) is 10.8 Å². The Morgan fingerprint density at radius 1 is 0.895 bits per heavy atom. The maximum absolute atomic E-state index is 6.01. The second-order valence-electron chi connectivity index (χ2n) is 4.11. The lowest BCUT2D eigenvalue weighted by molar-refractivity contribution is 1.41. The van der Waals surface area contributed by atoms with E-state index in [4.69, 9.17) is 17.3 Å². The summed E-state index contributed by atoms with van der Waals surface area (Å²) < 4.78 is 0. The van der Waals surface area contributed by atoms with E-state index < -0.39 is 0 Å². The highest BCUT2D eigenvalue weighted by molar-refractivity contribution is 7.19. The molecule has 0 radical (unpaired) electrons. The molecular formula is C15H11ClN2S. The Kier molecular flexibility index (Phi) is 3.23. The van der Waals surface area contributed by atoms with Crippen LogP contribution in [0.25, 0.3) is 21.0 Å². The van der Waals surface area contributed by atoms with E-state index in [-0.39, 0.29) is 0 Å². The van der Waals surface area contributed by atoms with E-state index >= 15 is 0 Å². The molecule has 3 rings (SSSR count). The van der Waals surface area contributed by atoms with Gasteiger partial charge in [0.15, 0.2) is 0 Å². The van der Waals surface area contributed by atoms with Gasteiger partial charge in [-0.25, -0.2) is 4.98 Å². The van der Waals surface area contributed by atoms with E-state index in [1.54, 1.807) is 11.3 Å². The molecule has 0 saturated carbocycles. The number of hydrogen-bond acceptors (Lipinski definition) is 3. The molecule has 0 aliphatic carbocycles. The minimum absolute atomic E-state index is 0.571. The molecule has 4 heteroatoms. The zero-order valence-corrected chi connectivity index (χ0v) is 11.6. The van der Waals surface area contributed by atoms with Gasteiger partial charge in [0.2, 0.25) is 0 Å². The molecule has 0 spiro atoms. The van der Waals surface area contributed by atoms with Crippen molar-refractivity contribution >= 4 is 28.8 Å². The van der Waals surface area contributed by atoms with Crippen molar-refractivity contribution in [2.24, 2.45) is 0 Å². The summed E-state index contributed by atoms with van der Waals surface area (Å²) in [5.74, 6) is 0.571. The van der Waals surface area contributed by atoms with Crippen LogP contribution in [0.15, 0.2) is 54.6 Å². The van der Waals surface area contributed by atoms with Gasteiger partial charge >= 0.3 is 0 Å². The van der Waals surface area contributed by atoms with Crippen LogP contribution >= 0.6 is 22.9 Å². The first-order valence-electron chi connectivity index (χ1n) is 5.82.